The highest BCUT2D eigenvalue weighted by Gasteiger charge is 2.09. The normalized spacial score (nSPS) is 10.6. The summed E-state index contributed by atoms with van der Waals surface area (Å²) in [4.78, 5) is 16.0. The lowest BCUT2D eigenvalue weighted by Crippen LogP contribution is -2.10. The van der Waals surface area contributed by atoms with Crippen LogP contribution in [0.25, 0.3) is 0 Å². The molecule has 0 radical (unpaired) electrons. The molecule has 0 atom stereocenters. The SMILES string of the molecule is CCn1nc(C)cc1CC(=O)CCc1ccncc1. The molecule has 2 aromatic rings. The van der Waals surface area contributed by atoms with Gasteiger partial charge in [0.1, 0.15) is 5.78 Å². The Hall–Kier alpha value is -1.97. The summed E-state index contributed by atoms with van der Waals surface area (Å²) in [5.41, 5.74) is 3.14. The molecule has 0 saturated heterocycles. The van der Waals surface area contributed by atoms with Gasteiger partial charge in [0.15, 0.2) is 0 Å². The maximum absolute atomic E-state index is 12.0. The highest BCUT2D eigenvalue weighted by Crippen LogP contribution is 2.08. The fourth-order valence-corrected chi connectivity index (χ4v) is 2.14. The van der Waals surface area contributed by atoms with Gasteiger partial charge in [-0.15, -0.1) is 0 Å². The molecule has 0 saturated carbocycles. The standard InChI is InChI=1S/C15H19N3O/c1-3-18-14(10-12(2)17-18)11-15(19)5-4-13-6-8-16-9-7-13/h6-10H,3-5,11H2,1-2H3. The Morgan fingerprint density at radius 2 is 2.05 bits per heavy atom. The van der Waals surface area contributed by atoms with Gasteiger partial charge in [-0.2, -0.15) is 5.10 Å². The second kappa shape index (κ2) is 6.27. The molecule has 2 aromatic heterocycles. The van der Waals surface area contributed by atoms with E-state index < -0.39 is 0 Å². The number of aromatic nitrogens is 3. The van der Waals surface area contributed by atoms with Crippen LogP contribution in [0.1, 0.15) is 30.3 Å². The van der Waals surface area contributed by atoms with Crippen molar-refractivity contribution < 1.29 is 4.79 Å². The number of aryl methyl sites for hydroxylation is 3. The third-order valence-electron chi connectivity index (χ3n) is 3.11. The molecule has 0 amide bonds. The predicted molar refractivity (Wildman–Crippen MR) is 73.9 cm³/mol. The third-order valence-corrected chi connectivity index (χ3v) is 3.11. The van der Waals surface area contributed by atoms with Gasteiger partial charge in [0.25, 0.3) is 0 Å². The number of hydrogen-bond donors (Lipinski definition) is 0. The minimum absolute atomic E-state index is 0.256. The quantitative estimate of drug-likeness (QED) is 0.798. The van der Waals surface area contributed by atoms with E-state index in [9.17, 15) is 4.79 Å². The molecular formula is C15H19N3O. The third kappa shape index (κ3) is 3.74. The molecule has 0 aliphatic rings. The van der Waals surface area contributed by atoms with E-state index in [0.29, 0.717) is 12.8 Å². The summed E-state index contributed by atoms with van der Waals surface area (Å²) in [6, 6.07) is 5.90. The lowest BCUT2D eigenvalue weighted by atomic mass is 10.1. The van der Waals surface area contributed by atoms with Crippen molar-refractivity contribution in [2.45, 2.75) is 39.7 Å². The average molecular weight is 257 g/mol. The lowest BCUT2D eigenvalue weighted by Gasteiger charge is -2.04. The molecule has 0 aliphatic heterocycles. The summed E-state index contributed by atoms with van der Waals surface area (Å²) in [6.07, 6.45) is 5.34. The summed E-state index contributed by atoms with van der Waals surface area (Å²) in [5.74, 6) is 0.256. The minimum atomic E-state index is 0.256. The molecule has 0 N–H and O–H groups in total. The number of Topliss-reactive ketones (excluding diaryl/α,β-unsaturated/α-hetero) is 1. The van der Waals surface area contributed by atoms with E-state index in [-0.39, 0.29) is 5.78 Å². The molecular weight excluding hydrogens is 238 g/mol. The predicted octanol–water partition coefficient (Wildman–Crippen LogP) is 2.35. The Morgan fingerprint density at radius 1 is 1.32 bits per heavy atom. The summed E-state index contributed by atoms with van der Waals surface area (Å²) < 4.78 is 1.90. The number of carbonyl (C=O) groups is 1. The number of ketones is 1. The molecule has 0 aliphatic carbocycles. The fraction of sp³-hybridized carbons (Fsp3) is 0.400. The number of carbonyl (C=O) groups excluding carboxylic acids is 1. The first-order valence-electron chi connectivity index (χ1n) is 6.63. The van der Waals surface area contributed by atoms with E-state index in [2.05, 4.69) is 10.1 Å². The topological polar surface area (TPSA) is 47.8 Å². The van der Waals surface area contributed by atoms with Crippen LogP contribution in [-0.4, -0.2) is 20.5 Å². The zero-order valence-electron chi connectivity index (χ0n) is 11.5. The van der Waals surface area contributed by atoms with Gasteiger partial charge < -0.3 is 0 Å². The zero-order valence-corrected chi connectivity index (χ0v) is 11.5. The van der Waals surface area contributed by atoms with E-state index in [1.165, 1.54) is 0 Å². The Balaban J connectivity index is 1.91. The maximum atomic E-state index is 12.0. The van der Waals surface area contributed by atoms with Gasteiger partial charge in [-0.1, -0.05) is 0 Å². The van der Waals surface area contributed by atoms with Gasteiger partial charge in [-0.25, -0.2) is 0 Å². The van der Waals surface area contributed by atoms with Crippen LogP contribution in [0.15, 0.2) is 30.6 Å². The molecule has 2 rings (SSSR count). The van der Waals surface area contributed by atoms with E-state index in [4.69, 9.17) is 0 Å². The van der Waals surface area contributed by atoms with Gasteiger partial charge in [-0.05, 0) is 44.0 Å². The molecule has 0 fully saturated rings. The van der Waals surface area contributed by atoms with Gasteiger partial charge in [0.2, 0.25) is 0 Å². The molecule has 0 bridgehead atoms. The van der Waals surface area contributed by atoms with Crippen molar-refractivity contribution in [3.8, 4) is 0 Å². The lowest BCUT2D eigenvalue weighted by molar-refractivity contribution is -0.118. The van der Waals surface area contributed by atoms with Crippen LogP contribution in [0.4, 0.5) is 0 Å². The smallest absolute Gasteiger partial charge is 0.139 e. The second-order valence-electron chi connectivity index (χ2n) is 4.66. The molecule has 0 unspecified atom stereocenters. The van der Waals surface area contributed by atoms with Crippen molar-refractivity contribution in [3.05, 3.63) is 47.5 Å². The van der Waals surface area contributed by atoms with Crippen LogP contribution in [-0.2, 0) is 24.2 Å². The Labute approximate surface area is 113 Å². The minimum Gasteiger partial charge on any atom is -0.299 e. The van der Waals surface area contributed by atoms with Crippen molar-refractivity contribution in [3.63, 3.8) is 0 Å². The van der Waals surface area contributed by atoms with Crippen molar-refractivity contribution in [1.29, 1.82) is 0 Å². The van der Waals surface area contributed by atoms with Crippen LogP contribution in [0.5, 0.6) is 0 Å². The van der Waals surface area contributed by atoms with Crippen molar-refractivity contribution >= 4 is 5.78 Å². The first-order valence-corrected chi connectivity index (χ1v) is 6.63. The average Bonchev–Trinajstić information content (AvgIpc) is 2.77. The highest BCUT2D eigenvalue weighted by atomic mass is 16.1. The first-order chi connectivity index (χ1) is 9.19. The van der Waals surface area contributed by atoms with Crippen molar-refractivity contribution in [2.24, 2.45) is 0 Å². The number of nitrogens with zero attached hydrogens (tertiary/aromatic N) is 3. The molecule has 100 valence electrons. The van der Waals surface area contributed by atoms with Crippen molar-refractivity contribution in [2.75, 3.05) is 0 Å². The van der Waals surface area contributed by atoms with Crippen LogP contribution in [0, 0.1) is 6.92 Å². The molecule has 19 heavy (non-hydrogen) atoms. The van der Waals surface area contributed by atoms with E-state index >= 15 is 0 Å². The van der Waals surface area contributed by atoms with Crippen LogP contribution >= 0.6 is 0 Å². The number of hydrogen-bond acceptors (Lipinski definition) is 3. The summed E-state index contributed by atoms with van der Waals surface area (Å²) in [6.45, 7) is 4.80. The Kier molecular flexibility index (Phi) is 4.44. The van der Waals surface area contributed by atoms with Crippen LogP contribution in [0.2, 0.25) is 0 Å². The monoisotopic (exact) mass is 257 g/mol. The molecule has 2 heterocycles. The molecule has 4 nitrogen and oxygen atoms in total. The number of rotatable bonds is 6. The largest absolute Gasteiger partial charge is 0.299 e. The van der Waals surface area contributed by atoms with Crippen LogP contribution < -0.4 is 0 Å². The highest BCUT2D eigenvalue weighted by molar-refractivity contribution is 5.80. The van der Waals surface area contributed by atoms with E-state index in [1.54, 1.807) is 12.4 Å². The Bertz CT molecular complexity index is 546. The first kappa shape index (κ1) is 13.5. The van der Waals surface area contributed by atoms with Crippen molar-refractivity contribution in [1.82, 2.24) is 14.8 Å². The molecule has 0 spiro atoms. The van der Waals surface area contributed by atoms with Gasteiger partial charge >= 0.3 is 0 Å². The van der Waals surface area contributed by atoms with Gasteiger partial charge in [0.05, 0.1) is 5.69 Å². The fourth-order valence-electron chi connectivity index (χ4n) is 2.14. The molecule has 0 aromatic carbocycles. The zero-order chi connectivity index (χ0) is 13.7. The van der Waals surface area contributed by atoms with Gasteiger partial charge in [0, 0.05) is 37.5 Å². The number of pyridine rings is 1. The van der Waals surface area contributed by atoms with Crippen LogP contribution in [0.3, 0.4) is 0 Å². The summed E-state index contributed by atoms with van der Waals surface area (Å²) in [5, 5.41) is 4.36. The summed E-state index contributed by atoms with van der Waals surface area (Å²) >= 11 is 0. The van der Waals surface area contributed by atoms with Gasteiger partial charge in [-0.3, -0.25) is 14.5 Å². The summed E-state index contributed by atoms with van der Waals surface area (Å²) in [7, 11) is 0. The molecule has 4 heteroatoms. The van der Waals surface area contributed by atoms with E-state index in [0.717, 1.165) is 29.9 Å². The Morgan fingerprint density at radius 3 is 2.74 bits per heavy atom. The second-order valence-corrected chi connectivity index (χ2v) is 4.66. The maximum Gasteiger partial charge on any atom is 0.139 e. The van der Waals surface area contributed by atoms with E-state index in [1.807, 2.05) is 36.7 Å².